The second kappa shape index (κ2) is 5.13. The number of aromatic nitrogens is 2. The Balaban J connectivity index is 2.19. The molecular formula is C15H21N3O. The lowest BCUT2D eigenvalue weighted by Gasteiger charge is -2.18. The maximum absolute atomic E-state index is 5.72. The minimum absolute atomic E-state index is 0.0356. The number of benzene rings is 1. The van der Waals surface area contributed by atoms with Crippen LogP contribution in [0.4, 0.5) is 0 Å². The van der Waals surface area contributed by atoms with Crippen LogP contribution in [0.1, 0.15) is 37.8 Å². The highest BCUT2D eigenvalue weighted by Crippen LogP contribution is 2.24. The maximum atomic E-state index is 5.72. The van der Waals surface area contributed by atoms with Gasteiger partial charge in [0.15, 0.2) is 0 Å². The zero-order chi connectivity index (χ0) is 14.0. The number of rotatable bonds is 3. The van der Waals surface area contributed by atoms with Crippen molar-refractivity contribution in [3.05, 3.63) is 35.2 Å². The van der Waals surface area contributed by atoms with E-state index in [9.17, 15) is 0 Å². The van der Waals surface area contributed by atoms with Crippen molar-refractivity contribution in [3.8, 4) is 11.5 Å². The summed E-state index contributed by atoms with van der Waals surface area (Å²) < 4.78 is 5.72. The SMILES string of the molecule is Cc1cccc(-c2nnc(CNC(C)(C)C)o2)c1C. The van der Waals surface area contributed by atoms with Gasteiger partial charge in [-0.1, -0.05) is 12.1 Å². The summed E-state index contributed by atoms with van der Waals surface area (Å²) in [7, 11) is 0. The van der Waals surface area contributed by atoms with Gasteiger partial charge in [-0.3, -0.25) is 0 Å². The van der Waals surface area contributed by atoms with E-state index in [2.05, 4.69) is 56.2 Å². The fourth-order valence-corrected chi connectivity index (χ4v) is 1.76. The molecule has 1 aromatic heterocycles. The van der Waals surface area contributed by atoms with Crippen LogP contribution < -0.4 is 5.32 Å². The standard InChI is InChI=1S/C15H21N3O/c1-10-7-6-8-12(11(10)2)14-18-17-13(19-14)9-16-15(3,4)5/h6-8,16H,9H2,1-5H3. The summed E-state index contributed by atoms with van der Waals surface area (Å²) in [5.41, 5.74) is 3.45. The second-order valence-corrected chi connectivity index (χ2v) is 5.85. The molecule has 0 fully saturated rings. The molecule has 0 saturated heterocycles. The molecule has 0 amide bonds. The van der Waals surface area contributed by atoms with Crippen molar-refractivity contribution in [3.63, 3.8) is 0 Å². The fraction of sp³-hybridized carbons (Fsp3) is 0.467. The van der Waals surface area contributed by atoms with Crippen molar-refractivity contribution in [1.29, 1.82) is 0 Å². The van der Waals surface area contributed by atoms with E-state index in [-0.39, 0.29) is 5.54 Å². The van der Waals surface area contributed by atoms with Crippen LogP contribution in [0.3, 0.4) is 0 Å². The highest BCUT2D eigenvalue weighted by molar-refractivity contribution is 5.59. The molecule has 2 rings (SSSR count). The molecule has 0 bridgehead atoms. The zero-order valence-corrected chi connectivity index (χ0v) is 12.2. The highest BCUT2D eigenvalue weighted by atomic mass is 16.4. The van der Waals surface area contributed by atoms with E-state index in [1.807, 2.05) is 12.1 Å². The van der Waals surface area contributed by atoms with E-state index in [1.165, 1.54) is 11.1 Å². The van der Waals surface area contributed by atoms with Crippen LogP contribution in [0.2, 0.25) is 0 Å². The van der Waals surface area contributed by atoms with Crippen molar-refractivity contribution >= 4 is 0 Å². The first-order valence-electron chi connectivity index (χ1n) is 6.51. The predicted molar refractivity (Wildman–Crippen MR) is 75.8 cm³/mol. The van der Waals surface area contributed by atoms with E-state index in [1.54, 1.807) is 0 Å². The van der Waals surface area contributed by atoms with Gasteiger partial charge < -0.3 is 9.73 Å². The number of nitrogens with one attached hydrogen (secondary N) is 1. The summed E-state index contributed by atoms with van der Waals surface area (Å²) in [5, 5.41) is 11.6. The molecule has 0 saturated carbocycles. The Morgan fingerprint density at radius 1 is 1.16 bits per heavy atom. The molecule has 19 heavy (non-hydrogen) atoms. The molecular weight excluding hydrogens is 238 g/mol. The Labute approximate surface area is 114 Å². The molecule has 0 spiro atoms. The van der Waals surface area contributed by atoms with Gasteiger partial charge in [0, 0.05) is 11.1 Å². The van der Waals surface area contributed by atoms with Crippen LogP contribution in [-0.2, 0) is 6.54 Å². The quantitative estimate of drug-likeness (QED) is 0.919. The molecule has 0 unspecified atom stereocenters. The fourth-order valence-electron chi connectivity index (χ4n) is 1.76. The van der Waals surface area contributed by atoms with Crippen LogP contribution >= 0.6 is 0 Å². The van der Waals surface area contributed by atoms with Gasteiger partial charge in [0.05, 0.1) is 6.54 Å². The molecule has 0 aliphatic rings. The number of nitrogens with zero attached hydrogens (tertiary/aromatic N) is 2. The predicted octanol–water partition coefficient (Wildman–Crippen LogP) is 3.24. The first-order valence-corrected chi connectivity index (χ1v) is 6.51. The van der Waals surface area contributed by atoms with E-state index < -0.39 is 0 Å². The molecule has 1 N–H and O–H groups in total. The smallest absolute Gasteiger partial charge is 0.248 e. The third-order valence-electron chi connectivity index (χ3n) is 3.07. The molecule has 4 heteroatoms. The van der Waals surface area contributed by atoms with Gasteiger partial charge in [0.25, 0.3) is 0 Å². The summed E-state index contributed by atoms with van der Waals surface area (Å²) in [4.78, 5) is 0. The molecule has 2 aromatic rings. The van der Waals surface area contributed by atoms with Crippen LogP contribution in [0.5, 0.6) is 0 Å². The maximum Gasteiger partial charge on any atom is 0.248 e. The lowest BCUT2D eigenvalue weighted by Crippen LogP contribution is -2.35. The van der Waals surface area contributed by atoms with Crippen LogP contribution in [0, 0.1) is 13.8 Å². The van der Waals surface area contributed by atoms with E-state index in [4.69, 9.17) is 4.42 Å². The third-order valence-corrected chi connectivity index (χ3v) is 3.07. The number of hydrogen-bond acceptors (Lipinski definition) is 4. The van der Waals surface area contributed by atoms with E-state index in [0.717, 1.165) is 5.56 Å². The summed E-state index contributed by atoms with van der Waals surface area (Å²) in [6.07, 6.45) is 0. The van der Waals surface area contributed by atoms with Crippen molar-refractivity contribution in [2.75, 3.05) is 0 Å². The second-order valence-electron chi connectivity index (χ2n) is 5.85. The van der Waals surface area contributed by atoms with Crippen LogP contribution in [-0.4, -0.2) is 15.7 Å². The van der Waals surface area contributed by atoms with Gasteiger partial charge >= 0.3 is 0 Å². The molecule has 0 atom stereocenters. The molecule has 102 valence electrons. The molecule has 0 radical (unpaired) electrons. The van der Waals surface area contributed by atoms with Gasteiger partial charge in [-0.15, -0.1) is 10.2 Å². The Bertz CT molecular complexity index is 567. The average molecular weight is 259 g/mol. The monoisotopic (exact) mass is 259 g/mol. The molecule has 1 heterocycles. The molecule has 0 aliphatic carbocycles. The van der Waals surface area contributed by atoms with Crippen LogP contribution in [0.25, 0.3) is 11.5 Å². The van der Waals surface area contributed by atoms with Crippen molar-refractivity contribution in [2.45, 2.75) is 46.7 Å². The van der Waals surface area contributed by atoms with Gasteiger partial charge in [-0.05, 0) is 51.8 Å². The summed E-state index contributed by atoms with van der Waals surface area (Å²) in [6.45, 7) is 11.1. The first kappa shape index (κ1) is 13.7. The molecule has 4 nitrogen and oxygen atoms in total. The minimum Gasteiger partial charge on any atom is -0.419 e. The molecule has 0 aliphatic heterocycles. The zero-order valence-electron chi connectivity index (χ0n) is 12.2. The van der Waals surface area contributed by atoms with Crippen molar-refractivity contribution in [2.24, 2.45) is 0 Å². The first-order chi connectivity index (χ1) is 8.87. The number of hydrogen-bond donors (Lipinski definition) is 1. The van der Waals surface area contributed by atoms with Gasteiger partial charge in [-0.2, -0.15) is 0 Å². The lowest BCUT2D eigenvalue weighted by atomic mass is 10.0. The average Bonchev–Trinajstić information content (AvgIpc) is 2.78. The van der Waals surface area contributed by atoms with Gasteiger partial charge in [0.2, 0.25) is 11.8 Å². The summed E-state index contributed by atoms with van der Waals surface area (Å²) >= 11 is 0. The third kappa shape index (κ3) is 3.41. The largest absolute Gasteiger partial charge is 0.419 e. The summed E-state index contributed by atoms with van der Waals surface area (Å²) in [5.74, 6) is 1.21. The Morgan fingerprint density at radius 2 is 1.89 bits per heavy atom. The van der Waals surface area contributed by atoms with Gasteiger partial charge in [0.1, 0.15) is 0 Å². The van der Waals surface area contributed by atoms with Crippen LogP contribution in [0.15, 0.2) is 22.6 Å². The Kier molecular flexibility index (Phi) is 3.71. The van der Waals surface area contributed by atoms with E-state index >= 15 is 0 Å². The van der Waals surface area contributed by atoms with Gasteiger partial charge in [-0.25, -0.2) is 0 Å². The Morgan fingerprint density at radius 3 is 2.58 bits per heavy atom. The summed E-state index contributed by atoms with van der Waals surface area (Å²) in [6, 6.07) is 6.10. The number of aryl methyl sites for hydroxylation is 1. The van der Waals surface area contributed by atoms with E-state index in [0.29, 0.717) is 18.3 Å². The van der Waals surface area contributed by atoms with Crippen molar-refractivity contribution in [1.82, 2.24) is 15.5 Å². The highest BCUT2D eigenvalue weighted by Gasteiger charge is 2.14. The minimum atomic E-state index is 0.0356. The van der Waals surface area contributed by atoms with Crippen molar-refractivity contribution < 1.29 is 4.42 Å². The Hall–Kier alpha value is -1.68. The lowest BCUT2D eigenvalue weighted by molar-refractivity contribution is 0.383. The molecule has 1 aromatic carbocycles. The topological polar surface area (TPSA) is 51.0 Å². The normalized spacial score (nSPS) is 11.8.